The number of thiazole rings is 1. The highest BCUT2D eigenvalue weighted by molar-refractivity contribution is 9.10. The minimum Gasteiger partial charge on any atom is -0.480 e. The summed E-state index contributed by atoms with van der Waals surface area (Å²) in [5.74, 6) is 0.614. The van der Waals surface area contributed by atoms with Crippen molar-refractivity contribution in [1.82, 2.24) is 14.4 Å². The molecule has 0 aliphatic heterocycles. The quantitative estimate of drug-likeness (QED) is 0.706. The topological polar surface area (TPSA) is 51.5 Å². The lowest BCUT2D eigenvalue weighted by Crippen LogP contribution is -2.04. The summed E-state index contributed by atoms with van der Waals surface area (Å²) in [6.45, 7) is 0.541. The smallest absolute Gasteiger partial charge is 0.238 e. The summed E-state index contributed by atoms with van der Waals surface area (Å²) in [4.78, 5) is 9.38. The van der Waals surface area contributed by atoms with Crippen molar-refractivity contribution < 1.29 is 4.74 Å². The monoisotopic (exact) mass is 372 g/mol. The van der Waals surface area contributed by atoms with Gasteiger partial charge in [-0.1, -0.05) is 11.6 Å². The first kappa shape index (κ1) is 13.7. The Hall–Kier alpha value is -1.31. The molecule has 104 valence electrons. The third kappa shape index (κ3) is 2.48. The number of halogens is 2. The average molecular weight is 374 g/mol. The van der Waals surface area contributed by atoms with E-state index in [9.17, 15) is 0 Å². The normalized spacial score (nSPS) is 10.9. The van der Waals surface area contributed by atoms with Gasteiger partial charge in [-0.25, -0.2) is 4.98 Å². The van der Waals surface area contributed by atoms with Gasteiger partial charge < -0.3 is 10.1 Å². The Balaban J connectivity index is 1.89. The summed E-state index contributed by atoms with van der Waals surface area (Å²) < 4.78 is 8.17. The Labute approximate surface area is 132 Å². The summed E-state index contributed by atoms with van der Waals surface area (Å²) in [6.07, 6.45) is 3.62. The molecule has 3 aromatic heterocycles. The number of hydrogen-bond acceptors (Lipinski definition) is 5. The van der Waals surface area contributed by atoms with Gasteiger partial charge in [-0.2, -0.15) is 4.98 Å². The van der Waals surface area contributed by atoms with Gasteiger partial charge in [0.15, 0.2) is 10.1 Å². The lowest BCUT2D eigenvalue weighted by atomic mass is 10.4. The molecule has 0 bridgehead atoms. The molecule has 3 rings (SSSR count). The predicted octanol–water partition coefficient (Wildman–Crippen LogP) is 3.83. The van der Waals surface area contributed by atoms with Crippen LogP contribution in [0.25, 0.3) is 4.96 Å². The molecule has 20 heavy (non-hydrogen) atoms. The maximum Gasteiger partial charge on any atom is 0.238 e. The van der Waals surface area contributed by atoms with Crippen molar-refractivity contribution in [3.05, 3.63) is 39.2 Å². The molecule has 3 heterocycles. The van der Waals surface area contributed by atoms with Crippen molar-refractivity contribution in [3.63, 3.8) is 0 Å². The molecule has 0 atom stereocenters. The molecule has 0 saturated heterocycles. The Morgan fingerprint density at radius 3 is 3.20 bits per heavy atom. The van der Waals surface area contributed by atoms with Crippen LogP contribution in [0.5, 0.6) is 5.88 Å². The van der Waals surface area contributed by atoms with Crippen LogP contribution in [0.2, 0.25) is 5.15 Å². The van der Waals surface area contributed by atoms with E-state index in [1.54, 1.807) is 24.6 Å². The van der Waals surface area contributed by atoms with E-state index in [2.05, 4.69) is 31.2 Å². The first-order valence-corrected chi connectivity index (χ1v) is 7.77. The number of nitrogens with zero attached hydrogens (tertiary/aromatic N) is 3. The van der Waals surface area contributed by atoms with Gasteiger partial charge in [-0.3, -0.25) is 4.40 Å². The standard InChI is InChI=1S/C12H10BrClN4OS/c1-19-11-9(18-2-3-20-12(18)17-11)6-15-8-4-7(13)5-16-10(8)14/h2-5,15H,6H2,1H3. The van der Waals surface area contributed by atoms with Crippen LogP contribution < -0.4 is 10.1 Å². The molecule has 0 unspecified atom stereocenters. The average Bonchev–Trinajstić information content (AvgIpc) is 3.00. The third-order valence-corrected chi connectivity index (χ3v) is 4.26. The van der Waals surface area contributed by atoms with Gasteiger partial charge in [0.25, 0.3) is 0 Å². The minimum absolute atomic E-state index is 0.429. The molecule has 0 aromatic carbocycles. The Morgan fingerprint density at radius 2 is 2.40 bits per heavy atom. The number of pyridine rings is 1. The van der Waals surface area contributed by atoms with E-state index in [1.807, 2.05) is 22.0 Å². The fourth-order valence-electron chi connectivity index (χ4n) is 1.86. The highest BCUT2D eigenvalue weighted by atomic mass is 79.9. The molecule has 5 nitrogen and oxygen atoms in total. The van der Waals surface area contributed by atoms with E-state index >= 15 is 0 Å². The van der Waals surface area contributed by atoms with E-state index in [0.29, 0.717) is 17.6 Å². The van der Waals surface area contributed by atoms with Crippen molar-refractivity contribution >= 4 is 49.5 Å². The van der Waals surface area contributed by atoms with Crippen LogP contribution in [0.3, 0.4) is 0 Å². The molecule has 0 spiro atoms. The molecular weight excluding hydrogens is 364 g/mol. The number of fused-ring (bicyclic) bond motifs is 1. The van der Waals surface area contributed by atoms with Crippen LogP contribution in [0.4, 0.5) is 5.69 Å². The second kappa shape index (κ2) is 5.59. The first-order chi connectivity index (χ1) is 9.69. The minimum atomic E-state index is 0.429. The van der Waals surface area contributed by atoms with Gasteiger partial charge in [0, 0.05) is 22.2 Å². The summed E-state index contributed by atoms with van der Waals surface area (Å²) >= 11 is 11.0. The third-order valence-electron chi connectivity index (χ3n) is 2.77. The van der Waals surface area contributed by atoms with Crippen LogP contribution >= 0.6 is 38.9 Å². The maximum atomic E-state index is 6.06. The Bertz CT molecular complexity index is 757. The van der Waals surface area contributed by atoms with Crippen LogP contribution in [-0.2, 0) is 6.54 Å². The van der Waals surface area contributed by atoms with Crippen LogP contribution in [-0.4, -0.2) is 21.5 Å². The number of methoxy groups -OCH3 is 1. The lowest BCUT2D eigenvalue weighted by molar-refractivity contribution is 0.395. The van der Waals surface area contributed by atoms with Crippen molar-refractivity contribution in [2.45, 2.75) is 6.54 Å². The number of nitrogens with one attached hydrogen (secondary N) is 1. The van der Waals surface area contributed by atoms with E-state index < -0.39 is 0 Å². The van der Waals surface area contributed by atoms with Gasteiger partial charge in [0.1, 0.15) is 5.69 Å². The van der Waals surface area contributed by atoms with Crippen LogP contribution in [0, 0.1) is 0 Å². The maximum absolute atomic E-state index is 6.06. The van der Waals surface area contributed by atoms with Crippen LogP contribution in [0.15, 0.2) is 28.3 Å². The van der Waals surface area contributed by atoms with E-state index in [4.69, 9.17) is 16.3 Å². The lowest BCUT2D eigenvalue weighted by Gasteiger charge is -2.08. The van der Waals surface area contributed by atoms with Crippen molar-refractivity contribution in [1.29, 1.82) is 0 Å². The molecule has 0 fully saturated rings. The number of ether oxygens (including phenoxy) is 1. The van der Waals surface area contributed by atoms with Crippen molar-refractivity contribution in [2.24, 2.45) is 0 Å². The number of imidazole rings is 1. The fourth-order valence-corrected chi connectivity index (χ4v) is 3.09. The number of aromatic nitrogens is 3. The van der Waals surface area contributed by atoms with Crippen molar-refractivity contribution in [3.8, 4) is 5.88 Å². The van der Waals surface area contributed by atoms with E-state index in [0.717, 1.165) is 20.8 Å². The fraction of sp³-hybridized carbons (Fsp3) is 0.167. The van der Waals surface area contributed by atoms with E-state index in [-0.39, 0.29) is 0 Å². The van der Waals surface area contributed by atoms with Crippen LogP contribution in [0.1, 0.15) is 5.69 Å². The summed E-state index contributed by atoms with van der Waals surface area (Å²) in [5, 5.41) is 5.67. The van der Waals surface area contributed by atoms with E-state index in [1.165, 1.54) is 0 Å². The molecule has 0 amide bonds. The van der Waals surface area contributed by atoms with Gasteiger partial charge >= 0.3 is 0 Å². The molecule has 0 aliphatic rings. The van der Waals surface area contributed by atoms with Gasteiger partial charge in [-0.05, 0) is 22.0 Å². The highest BCUT2D eigenvalue weighted by Gasteiger charge is 2.14. The Kier molecular flexibility index (Phi) is 3.82. The summed E-state index contributed by atoms with van der Waals surface area (Å²) in [7, 11) is 1.61. The molecule has 0 radical (unpaired) electrons. The van der Waals surface area contributed by atoms with Gasteiger partial charge in [0.2, 0.25) is 5.88 Å². The number of hydrogen-bond donors (Lipinski definition) is 1. The second-order valence-corrected chi connectivity index (χ2v) is 6.12. The zero-order valence-corrected chi connectivity index (χ0v) is 13.6. The highest BCUT2D eigenvalue weighted by Crippen LogP contribution is 2.27. The largest absolute Gasteiger partial charge is 0.480 e. The first-order valence-electron chi connectivity index (χ1n) is 5.72. The molecule has 1 N–H and O–H groups in total. The predicted molar refractivity (Wildman–Crippen MR) is 83.9 cm³/mol. The number of anilines is 1. The second-order valence-electron chi connectivity index (χ2n) is 3.97. The zero-order valence-electron chi connectivity index (χ0n) is 10.4. The van der Waals surface area contributed by atoms with Gasteiger partial charge in [-0.15, -0.1) is 11.3 Å². The van der Waals surface area contributed by atoms with Gasteiger partial charge in [0.05, 0.1) is 19.3 Å². The molecular formula is C12H10BrClN4OS. The molecule has 0 saturated carbocycles. The molecule has 0 aliphatic carbocycles. The zero-order chi connectivity index (χ0) is 14.1. The summed E-state index contributed by atoms with van der Waals surface area (Å²) in [5.41, 5.74) is 1.70. The summed E-state index contributed by atoms with van der Waals surface area (Å²) in [6, 6.07) is 1.88. The number of rotatable bonds is 4. The van der Waals surface area contributed by atoms with Crippen molar-refractivity contribution in [2.75, 3.05) is 12.4 Å². The molecule has 8 heteroatoms. The molecule has 3 aromatic rings. The Morgan fingerprint density at radius 1 is 1.55 bits per heavy atom. The SMILES string of the molecule is COc1nc2sccn2c1CNc1cc(Br)cnc1Cl.